The molecule has 4 aromatic carbocycles. The fourth-order valence-electron chi connectivity index (χ4n) is 5.89. The minimum Gasteiger partial charge on any atom is -0.0620 e. The summed E-state index contributed by atoms with van der Waals surface area (Å²) < 4.78 is 0. The predicted molar refractivity (Wildman–Crippen MR) is 141 cm³/mol. The third-order valence-electron chi connectivity index (χ3n) is 7.23. The van der Waals surface area contributed by atoms with E-state index in [1.165, 1.54) is 44.5 Å². The van der Waals surface area contributed by atoms with Crippen LogP contribution < -0.4 is 0 Å². The lowest BCUT2D eigenvalue weighted by Crippen LogP contribution is -2.35. The molecule has 1 aliphatic rings. The van der Waals surface area contributed by atoms with E-state index in [1.807, 2.05) is 0 Å². The van der Waals surface area contributed by atoms with Crippen LogP contribution in [0, 0.1) is 0 Å². The molecule has 4 aromatic rings. The molecule has 1 aliphatic carbocycles. The second-order valence-corrected chi connectivity index (χ2v) is 11.4. The number of benzene rings is 4. The van der Waals surface area contributed by atoms with Crippen molar-refractivity contribution in [3.63, 3.8) is 0 Å². The Bertz CT molecular complexity index is 1220. The van der Waals surface area contributed by atoms with Gasteiger partial charge < -0.3 is 0 Å². The van der Waals surface area contributed by atoms with Gasteiger partial charge >= 0.3 is 0 Å². The molecule has 0 heterocycles. The van der Waals surface area contributed by atoms with Gasteiger partial charge in [0.25, 0.3) is 0 Å². The van der Waals surface area contributed by atoms with Crippen LogP contribution in [-0.2, 0) is 16.2 Å². The van der Waals surface area contributed by atoms with Gasteiger partial charge in [0, 0.05) is 0 Å². The SMILES string of the molecule is CC(C)(C)c1ccccc1C1(c2ccccc2C(C)(C)C)c2ccccc2-c2ccccc21. The summed E-state index contributed by atoms with van der Waals surface area (Å²) in [5.74, 6) is 0. The van der Waals surface area contributed by atoms with Gasteiger partial charge in [-0.25, -0.2) is 0 Å². The van der Waals surface area contributed by atoms with E-state index < -0.39 is 0 Å². The molecule has 166 valence electrons. The van der Waals surface area contributed by atoms with E-state index in [0.717, 1.165) is 0 Å². The number of hydrogen-bond donors (Lipinski definition) is 0. The maximum absolute atomic E-state index is 2.37. The van der Waals surface area contributed by atoms with E-state index in [4.69, 9.17) is 0 Å². The summed E-state index contributed by atoms with van der Waals surface area (Å²) in [6.45, 7) is 14.0. The lowest BCUT2D eigenvalue weighted by molar-refractivity contribution is 0.554. The minimum absolute atomic E-state index is 0.0206. The Balaban J connectivity index is 2.04. The first kappa shape index (κ1) is 21.7. The van der Waals surface area contributed by atoms with Crippen molar-refractivity contribution < 1.29 is 0 Å². The molecular formula is C33H34. The average molecular weight is 431 g/mol. The molecule has 0 heteroatoms. The Hall–Kier alpha value is -3.12. The van der Waals surface area contributed by atoms with Crippen molar-refractivity contribution >= 4 is 0 Å². The fraction of sp³-hybridized carbons (Fsp3) is 0.273. The maximum Gasteiger partial charge on any atom is 0.0719 e. The van der Waals surface area contributed by atoms with Gasteiger partial charge in [-0.2, -0.15) is 0 Å². The molecule has 0 saturated carbocycles. The van der Waals surface area contributed by atoms with Gasteiger partial charge in [-0.05, 0) is 55.3 Å². The quantitative estimate of drug-likeness (QED) is 0.263. The Morgan fingerprint density at radius 1 is 0.394 bits per heavy atom. The molecule has 0 saturated heterocycles. The Labute approximate surface area is 199 Å². The Morgan fingerprint density at radius 3 is 1.06 bits per heavy atom. The van der Waals surface area contributed by atoms with Gasteiger partial charge in [0.1, 0.15) is 0 Å². The normalized spacial score (nSPS) is 14.6. The van der Waals surface area contributed by atoms with E-state index in [0.29, 0.717) is 0 Å². The molecule has 0 N–H and O–H groups in total. The van der Waals surface area contributed by atoms with Crippen LogP contribution >= 0.6 is 0 Å². The fourth-order valence-corrected chi connectivity index (χ4v) is 5.89. The summed E-state index contributed by atoms with van der Waals surface area (Å²) in [5, 5.41) is 0. The average Bonchev–Trinajstić information content (AvgIpc) is 3.09. The highest BCUT2D eigenvalue weighted by atomic mass is 14.5. The van der Waals surface area contributed by atoms with Crippen molar-refractivity contribution in [2.75, 3.05) is 0 Å². The van der Waals surface area contributed by atoms with Crippen LogP contribution in [-0.4, -0.2) is 0 Å². The summed E-state index contributed by atoms with van der Waals surface area (Å²) in [4.78, 5) is 0. The number of fused-ring (bicyclic) bond motifs is 3. The molecule has 0 unspecified atom stereocenters. The predicted octanol–water partition coefficient (Wildman–Crippen LogP) is 8.64. The lowest BCUT2D eigenvalue weighted by Gasteiger charge is -2.41. The Morgan fingerprint density at radius 2 is 0.697 bits per heavy atom. The minimum atomic E-state index is -0.360. The van der Waals surface area contributed by atoms with Crippen LogP contribution in [0.5, 0.6) is 0 Å². The molecule has 0 amide bonds. The molecular weight excluding hydrogens is 396 g/mol. The summed E-state index contributed by atoms with van der Waals surface area (Å²) in [6, 6.07) is 36.3. The molecule has 0 atom stereocenters. The molecule has 5 rings (SSSR count). The van der Waals surface area contributed by atoms with Crippen molar-refractivity contribution in [1.82, 2.24) is 0 Å². The van der Waals surface area contributed by atoms with Gasteiger partial charge in [0.2, 0.25) is 0 Å². The first-order chi connectivity index (χ1) is 15.7. The van der Waals surface area contributed by atoms with E-state index in [1.54, 1.807) is 0 Å². The van der Waals surface area contributed by atoms with Crippen LogP contribution in [0.1, 0.15) is 74.9 Å². The van der Waals surface area contributed by atoms with Crippen molar-refractivity contribution in [3.05, 3.63) is 130 Å². The zero-order valence-corrected chi connectivity index (χ0v) is 20.7. The molecule has 0 aliphatic heterocycles. The van der Waals surface area contributed by atoms with E-state index >= 15 is 0 Å². The van der Waals surface area contributed by atoms with Gasteiger partial charge in [0.15, 0.2) is 0 Å². The van der Waals surface area contributed by atoms with Gasteiger partial charge in [-0.3, -0.25) is 0 Å². The maximum atomic E-state index is 2.37. The van der Waals surface area contributed by atoms with Crippen LogP contribution in [0.4, 0.5) is 0 Å². The van der Waals surface area contributed by atoms with Crippen molar-refractivity contribution in [2.45, 2.75) is 57.8 Å². The molecule has 0 bridgehead atoms. The first-order valence-corrected chi connectivity index (χ1v) is 12.1. The summed E-state index contributed by atoms with van der Waals surface area (Å²) in [5.41, 5.74) is 10.7. The van der Waals surface area contributed by atoms with Gasteiger partial charge in [-0.15, -0.1) is 0 Å². The summed E-state index contributed by atoms with van der Waals surface area (Å²) in [7, 11) is 0. The largest absolute Gasteiger partial charge is 0.0719 e. The number of hydrogen-bond acceptors (Lipinski definition) is 0. The second kappa shape index (κ2) is 7.45. The highest BCUT2D eigenvalue weighted by Gasteiger charge is 2.49. The first-order valence-electron chi connectivity index (χ1n) is 12.1. The van der Waals surface area contributed by atoms with E-state index in [-0.39, 0.29) is 16.2 Å². The second-order valence-electron chi connectivity index (χ2n) is 11.4. The Kier molecular flexibility index (Phi) is 4.90. The zero-order chi connectivity index (χ0) is 23.4. The molecule has 0 aromatic heterocycles. The summed E-state index contributed by atoms with van der Waals surface area (Å²) >= 11 is 0. The molecule has 0 nitrogen and oxygen atoms in total. The van der Waals surface area contributed by atoms with Crippen molar-refractivity contribution in [2.24, 2.45) is 0 Å². The van der Waals surface area contributed by atoms with Gasteiger partial charge in [-0.1, -0.05) is 139 Å². The smallest absolute Gasteiger partial charge is 0.0620 e. The van der Waals surface area contributed by atoms with Crippen molar-refractivity contribution in [1.29, 1.82) is 0 Å². The standard InChI is InChI=1S/C33H34/c1-31(2,3)27-19-11-13-21-29(27)33(30-22-14-12-20-28(30)32(4,5)6)25-17-9-7-15-23(25)24-16-8-10-18-26(24)33/h7-22H,1-6H3. The molecule has 0 fully saturated rings. The molecule has 33 heavy (non-hydrogen) atoms. The van der Waals surface area contributed by atoms with Gasteiger partial charge in [0.05, 0.1) is 5.41 Å². The highest BCUT2D eigenvalue weighted by Crippen LogP contribution is 2.58. The van der Waals surface area contributed by atoms with Crippen LogP contribution in [0.3, 0.4) is 0 Å². The van der Waals surface area contributed by atoms with Crippen LogP contribution in [0.25, 0.3) is 11.1 Å². The third-order valence-corrected chi connectivity index (χ3v) is 7.23. The van der Waals surface area contributed by atoms with E-state index in [9.17, 15) is 0 Å². The molecule has 0 radical (unpaired) electrons. The molecule has 0 spiro atoms. The zero-order valence-electron chi connectivity index (χ0n) is 20.7. The monoisotopic (exact) mass is 430 g/mol. The van der Waals surface area contributed by atoms with Crippen LogP contribution in [0.2, 0.25) is 0 Å². The van der Waals surface area contributed by atoms with Crippen molar-refractivity contribution in [3.8, 4) is 11.1 Å². The van der Waals surface area contributed by atoms with Crippen LogP contribution in [0.15, 0.2) is 97.1 Å². The van der Waals surface area contributed by atoms with E-state index in [2.05, 4.69) is 139 Å². The third kappa shape index (κ3) is 3.19. The number of rotatable bonds is 2. The topological polar surface area (TPSA) is 0 Å². The lowest BCUT2D eigenvalue weighted by atomic mass is 9.61. The summed E-state index contributed by atoms with van der Waals surface area (Å²) in [6.07, 6.45) is 0. The highest BCUT2D eigenvalue weighted by molar-refractivity contribution is 5.87.